The van der Waals surface area contributed by atoms with E-state index in [1.807, 2.05) is 18.2 Å². The summed E-state index contributed by atoms with van der Waals surface area (Å²) in [6, 6.07) is 14.6. The van der Waals surface area contributed by atoms with Crippen LogP contribution in [0.15, 0.2) is 54.9 Å². The number of carbonyl (C=O) groups is 1. The lowest BCUT2D eigenvalue weighted by Gasteiger charge is -2.36. The number of aryl methyl sites for hydroxylation is 1. The molecule has 1 aromatic heterocycles. The van der Waals surface area contributed by atoms with E-state index in [1.54, 1.807) is 24.5 Å². The third-order valence-corrected chi connectivity index (χ3v) is 8.02. The average Bonchev–Trinajstić information content (AvgIpc) is 3.32. The number of ether oxygens (including phenoxy) is 1. The topological polar surface area (TPSA) is 95.6 Å². The van der Waals surface area contributed by atoms with Crippen molar-refractivity contribution in [3.63, 3.8) is 0 Å². The predicted molar refractivity (Wildman–Crippen MR) is 128 cm³/mol. The van der Waals surface area contributed by atoms with Gasteiger partial charge in [0, 0.05) is 13.6 Å². The molecule has 1 fully saturated rings. The first kappa shape index (κ1) is 23.3. The maximum absolute atomic E-state index is 13.4. The van der Waals surface area contributed by atoms with E-state index in [0.717, 1.165) is 36.7 Å². The van der Waals surface area contributed by atoms with Gasteiger partial charge in [0.05, 0.1) is 29.7 Å². The fourth-order valence-corrected chi connectivity index (χ4v) is 5.74. The van der Waals surface area contributed by atoms with Crippen LogP contribution in [0, 0.1) is 0 Å². The number of fused-ring (bicyclic) bond motifs is 1. The molecule has 3 aromatic rings. The monoisotopic (exact) mass is 470 g/mol. The van der Waals surface area contributed by atoms with Crippen LogP contribution in [0.4, 0.5) is 5.69 Å². The van der Waals surface area contributed by atoms with Crippen molar-refractivity contribution >= 4 is 32.9 Å². The molecule has 0 bridgehead atoms. The number of esters is 1. The van der Waals surface area contributed by atoms with Gasteiger partial charge in [0.2, 0.25) is 0 Å². The van der Waals surface area contributed by atoms with Gasteiger partial charge in [-0.05, 0) is 62.3 Å². The Bertz CT molecular complexity index is 1180. The molecule has 1 atom stereocenters. The molecule has 0 aliphatic carbocycles. The minimum absolute atomic E-state index is 0.294. The van der Waals surface area contributed by atoms with Crippen LogP contribution < -0.4 is 4.31 Å². The Kier molecular flexibility index (Phi) is 7.29. The summed E-state index contributed by atoms with van der Waals surface area (Å²) in [7, 11) is -2.39. The molecule has 1 saturated heterocycles. The number of piperidine rings is 1. The molecule has 1 aliphatic rings. The first-order valence-corrected chi connectivity index (χ1v) is 12.8. The highest BCUT2D eigenvalue weighted by molar-refractivity contribution is 7.90. The Labute approximate surface area is 194 Å². The summed E-state index contributed by atoms with van der Waals surface area (Å²) >= 11 is 0. The van der Waals surface area contributed by atoms with Crippen LogP contribution in [0.1, 0.15) is 37.7 Å². The van der Waals surface area contributed by atoms with Crippen molar-refractivity contribution in [2.45, 2.75) is 44.6 Å². The maximum Gasteiger partial charge on any atom is 0.324 e. The molecule has 0 radical (unpaired) electrons. The van der Waals surface area contributed by atoms with Gasteiger partial charge in [-0.15, -0.1) is 0 Å². The molecule has 0 unspecified atom stereocenters. The Hall–Kier alpha value is -2.91. The number of aromatic nitrogens is 2. The number of benzene rings is 2. The molecule has 33 heavy (non-hydrogen) atoms. The normalized spacial score (nSPS) is 17.2. The fourth-order valence-electron chi connectivity index (χ4n) is 4.17. The summed E-state index contributed by atoms with van der Waals surface area (Å²) in [5.74, 6) is -0.463. The zero-order chi connectivity index (χ0) is 23.3. The van der Waals surface area contributed by atoms with Crippen molar-refractivity contribution in [2.75, 3.05) is 24.5 Å². The number of carbonyl (C=O) groups excluding carboxylic acids is 1. The highest BCUT2D eigenvalue weighted by atomic mass is 32.2. The summed E-state index contributed by atoms with van der Waals surface area (Å²) in [6.45, 7) is 0.592. The van der Waals surface area contributed by atoms with Crippen molar-refractivity contribution in [3.8, 4) is 0 Å². The minimum Gasteiger partial charge on any atom is -0.464 e. The number of aromatic amines is 1. The zero-order valence-corrected chi connectivity index (χ0v) is 19.6. The second kappa shape index (κ2) is 10.4. The van der Waals surface area contributed by atoms with Crippen LogP contribution >= 0.6 is 0 Å². The molecular formula is C24H30N4O4S. The van der Waals surface area contributed by atoms with E-state index in [-0.39, 0.29) is 0 Å². The third kappa shape index (κ3) is 5.36. The Morgan fingerprint density at radius 2 is 2.00 bits per heavy atom. The average molecular weight is 471 g/mol. The van der Waals surface area contributed by atoms with E-state index < -0.39 is 22.2 Å². The fraction of sp³-hybridized carbons (Fsp3) is 0.417. The molecular weight excluding hydrogens is 440 g/mol. The highest BCUT2D eigenvalue weighted by Crippen LogP contribution is 2.27. The van der Waals surface area contributed by atoms with Crippen molar-refractivity contribution in [1.29, 1.82) is 0 Å². The summed E-state index contributed by atoms with van der Waals surface area (Å²) in [5, 5.41) is 0. The number of nitrogens with one attached hydrogen (secondary N) is 1. The first-order chi connectivity index (χ1) is 16.0. The first-order valence-electron chi connectivity index (χ1n) is 11.4. The van der Waals surface area contributed by atoms with E-state index in [1.165, 1.54) is 21.2 Å². The summed E-state index contributed by atoms with van der Waals surface area (Å²) in [4.78, 5) is 20.0. The van der Waals surface area contributed by atoms with Gasteiger partial charge in [-0.25, -0.2) is 4.98 Å². The predicted octanol–water partition coefficient (Wildman–Crippen LogP) is 3.66. The molecule has 1 aliphatic heterocycles. The van der Waals surface area contributed by atoms with Gasteiger partial charge in [-0.1, -0.05) is 30.3 Å². The number of unbranched alkanes of at least 4 members (excludes halogenated alkanes) is 1. The lowest BCUT2D eigenvalue weighted by atomic mass is 10.1. The number of anilines is 1. The van der Waals surface area contributed by atoms with Crippen LogP contribution in [0.3, 0.4) is 0 Å². The van der Waals surface area contributed by atoms with Crippen LogP contribution in [0.25, 0.3) is 11.0 Å². The van der Waals surface area contributed by atoms with E-state index in [4.69, 9.17) is 4.74 Å². The van der Waals surface area contributed by atoms with E-state index >= 15 is 0 Å². The second-order valence-corrected chi connectivity index (χ2v) is 10.2. The number of H-pyrrole nitrogens is 1. The molecule has 0 amide bonds. The van der Waals surface area contributed by atoms with E-state index in [9.17, 15) is 13.2 Å². The number of hydrogen-bond donors (Lipinski definition) is 1. The molecule has 4 rings (SSSR count). The number of nitrogens with zero attached hydrogens (tertiary/aromatic N) is 3. The molecule has 1 N–H and O–H groups in total. The van der Waals surface area contributed by atoms with Crippen molar-refractivity contribution in [2.24, 2.45) is 0 Å². The summed E-state index contributed by atoms with van der Waals surface area (Å²) in [5.41, 5.74) is 3.27. The maximum atomic E-state index is 13.4. The lowest BCUT2D eigenvalue weighted by molar-refractivity contribution is -0.149. The van der Waals surface area contributed by atoms with Crippen molar-refractivity contribution in [1.82, 2.24) is 14.3 Å². The molecule has 176 valence electrons. The van der Waals surface area contributed by atoms with Gasteiger partial charge >= 0.3 is 16.2 Å². The van der Waals surface area contributed by atoms with E-state index in [0.29, 0.717) is 31.7 Å². The zero-order valence-electron chi connectivity index (χ0n) is 18.8. The standard InChI is InChI=1S/C24H30N4O4S/c1-27(20-13-14-21-22(17-20)26-18-25-21)33(30,31)28-15-7-5-12-23(28)24(29)32-16-8-6-11-19-9-3-2-4-10-19/h2-4,9-10,13-14,17-18,23H,5-8,11-12,15-16H2,1H3,(H,25,26)/t23-/m0/s1. The van der Waals surface area contributed by atoms with E-state index in [2.05, 4.69) is 22.1 Å². The summed E-state index contributed by atoms with van der Waals surface area (Å²) < 4.78 is 34.9. The largest absolute Gasteiger partial charge is 0.464 e. The van der Waals surface area contributed by atoms with Gasteiger partial charge in [0.15, 0.2) is 0 Å². The Balaban J connectivity index is 1.37. The van der Waals surface area contributed by atoms with Crippen molar-refractivity contribution < 1.29 is 17.9 Å². The highest BCUT2D eigenvalue weighted by Gasteiger charge is 2.40. The molecule has 9 heteroatoms. The van der Waals surface area contributed by atoms with Gasteiger partial charge < -0.3 is 9.72 Å². The molecule has 8 nitrogen and oxygen atoms in total. The van der Waals surface area contributed by atoms with Gasteiger partial charge in [0.1, 0.15) is 6.04 Å². The number of imidazole rings is 1. The minimum atomic E-state index is -3.90. The lowest BCUT2D eigenvalue weighted by Crippen LogP contribution is -2.53. The van der Waals surface area contributed by atoms with Crippen molar-refractivity contribution in [3.05, 3.63) is 60.4 Å². The molecule has 0 saturated carbocycles. The summed E-state index contributed by atoms with van der Waals surface area (Å²) in [6.07, 6.45) is 6.12. The molecule has 2 heterocycles. The van der Waals surface area contributed by atoms with Crippen LogP contribution in [0.5, 0.6) is 0 Å². The smallest absolute Gasteiger partial charge is 0.324 e. The number of hydrogen-bond acceptors (Lipinski definition) is 5. The Morgan fingerprint density at radius 3 is 2.82 bits per heavy atom. The molecule has 0 spiro atoms. The van der Waals surface area contributed by atoms with Crippen LogP contribution in [-0.4, -0.2) is 54.9 Å². The third-order valence-electron chi connectivity index (χ3n) is 6.08. The SMILES string of the molecule is CN(c1ccc2nc[nH]c2c1)S(=O)(=O)N1CCCC[C@H]1C(=O)OCCCCc1ccccc1. The molecule has 2 aromatic carbocycles. The quantitative estimate of drug-likeness (QED) is 0.380. The van der Waals surface area contributed by atoms with Gasteiger partial charge in [-0.2, -0.15) is 12.7 Å². The Morgan fingerprint density at radius 1 is 1.18 bits per heavy atom. The number of rotatable bonds is 9. The van der Waals surface area contributed by atoms with Gasteiger partial charge in [-0.3, -0.25) is 9.10 Å². The van der Waals surface area contributed by atoms with Crippen LogP contribution in [-0.2, 0) is 26.2 Å². The van der Waals surface area contributed by atoms with Gasteiger partial charge in [0.25, 0.3) is 0 Å². The second-order valence-electron chi connectivity index (χ2n) is 8.31. The van der Waals surface area contributed by atoms with Crippen LogP contribution in [0.2, 0.25) is 0 Å².